The van der Waals surface area contributed by atoms with Crippen molar-refractivity contribution >= 4 is 17.5 Å². The number of benzene rings is 1. The number of aryl methyl sites for hydroxylation is 1. The van der Waals surface area contributed by atoms with Crippen LogP contribution in [0.5, 0.6) is 0 Å². The molecule has 4 rings (SSSR count). The summed E-state index contributed by atoms with van der Waals surface area (Å²) in [5.74, 6) is 0.126. The largest absolute Gasteiger partial charge is 0.467 e. The fraction of sp³-hybridized carbons (Fsp3) is 0.100. The lowest BCUT2D eigenvalue weighted by atomic mass is 10.1. The van der Waals surface area contributed by atoms with Gasteiger partial charge in [-0.2, -0.15) is 5.10 Å². The first-order valence-electron chi connectivity index (χ1n) is 8.78. The van der Waals surface area contributed by atoms with Crippen LogP contribution in [0, 0.1) is 0 Å². The molecule has 0 radical (unpaired) electrons. The molecule has 3 aromatic heterocycles. The van der Waals surface area contributed by atoms with Crippen LogP contribution in [-0.4, -0.2) is 26.8 Å². The van der Waals surface area contributed by atoms with Gasteiger partial charge in [0.2, 0.25) is 0 Å². The Balaban J connectivity index is 1.47. The van der Waals surface area contributed by atoms with Crippen molar-refractivity contribution in [1.82, 2.24) is 20.3 Å². The molecule has 9 nitrogen and oxygen atoms in total. The third-order valence-corrected chi connectivity index (χ3v) is 4.10. The maximum Gasteiger partial charge on any atom is 0.277 e. The summed E-state index contributed by atoms with van der Waals surface area (Å²) < 4.78 is 11.9. The molecule has 146 valence electrons. The Hall–Kier alpha value is -4.14. The second kappa shape index (κ2) is 7.85. The van der Waals surface area contributed by atoms with E-state index in [-0.39, 0.29) is 23.6 Å². The highest BCUT2D eigenvalue weighted by molar-refractivity contribution is 6.07. The van der Waals surface area contributed by atoms with Gasteiger partial charge in [0.15, 0.2) is 17.1 Å². The first-order chi connectivity index (χ1) is 14.1. The number of aromatic nitrogens is 3. The highest BCUT2D eigenvalue weighted by atomic mass is 16.5. The van der Waals surface area contributed by atoms with Gasteiger partial charge in [-0.1, -0.05) is 35.5 Å². The molecule has 0 atom stereocenters. The number of anilines is 1. The van der Waals surface area contributed by atoms with Crippen LogP contribution >= 0.6 is 0 Å². The van der Waals surface area contributed by atoms with Gasteiger partial charge in [0, 0.05) is 24.9 Å². The Morgan fingerprint density at radius 3 is 2.69 bits per heavy atom. The standard InChI is InChI=1S/C20H17N5O4/c1-25-12-16(18(23-25)20(27)21-11-14-8-5-9-28-14)22-19(26)15-10-17(29-24-15)13-6-3-2-4-7-13/h2-10,12H,11H2,1H3,(H,21,27)(H,22,26). The summed E-state index contributed by atoms with van der Waals surface area (Å²) in [4.78, 5) is 25.0. The SMILES string of the molecule is Cn1cc(NC(=O)c2cc(-c3ccccc3)on2)c(C(=O)NCc2ccco2)n1. The van der Waals surface area contributed by atoms with E-state index in [0.717, 1.165) is 5.56 Å². The van der Waals surface area contributed by atoms with E-state index >= 15 is 0 Å². The third-order valence-electron chi connectivity index (χ3n) is 4.10. The molecule has 4 aromatic rings. The van der Waals surface area contributed by atoms with Crippen molar-refractivity contribution in [3.05, 3.63) is 78.1 Å². The van der Waals surface area contributed by atoms with Gasteiger partial charge in [-0.25, -0.2) is 0 Å². The van der Waals surface area contributed by atoms with Gasteiger partial charge in [-0.15, -0.1) is 0 Å². The summed E-state index contributed by atoms with van der Waals surface area (Å²) in [6.07, 6.45) is 3.06. The normalized spacial score (nSPS) is 10.7. The summed E-state index contributed by atoms with van der Waals surface area (Å²) in [6, 6.07) is 14.3. The molecule has 0 saturated carbocycles. The Labute approximate surface area is 165 Å². The molecule has 0 aliphatic carbocycles. The molecule has 0 aliphatic heterocycles. The van der Waals surface area contributed by atoms with Crippen LogP contribution in [0.1, 0.15) is 26.7 Å². The fourth-order valence-corrected chi connectivity index (χ4v) is 2.72. The monoisotopic (exact) mass is 391 g/mol. The maximum absolute atomic E-state index is 12.6. The van der Waals surface area contributed by atoms with E-state index < -0.39 is 11.8 Å². The van der Waals surface area contributed by atoms with Crippen LogP contribution in [0.3, 0.4) is 0 Å². The van der Waals surface area contributed by atoms with Crippen LogP contribution in [0.4, 0.5) is 5.69 Å². The zero-order valence-corrected chi connectivity index (χ0v) is 15.5. The zero-order valence-electron chi connectivity index (χ0n) is 15.5. The third kappa shape index (κ3) is 4.08. The van der Waals surface area contributed by atoms with Gasteiger partial charge in [0.1, 0.15) is 5.76 Å². The lowest BCUT2D eigenvalue weighted by Gasteiger charge is -2.04. The number of amides is 2. The fourth-order valence-electron chi connectivity index (χ4n) is 2.72. The Morgan fingerprint density at radius 1 is 1.10 bits per heavy atom. The van der Waals surface area contributed by atoms with Gasteiger partial charge >= 0.3 is 0 Å². The average Bonchev–Trinajstić information content (AvgIpc) is 3.48. The van der Waals surface area contributed by atoms with Crippen molar-refractivity contribution in [1.29, 1.82) is 0 Å². The van der Waals surface area contributed by atoms with E-state index in [4.69, 9.17) is 8.94 Å². The maximum atomic E-state index is 12.6. The van der Waals surface area contributed by atoms with Crippen LogP contribution < -0.4 is 10.6 Å². The first kappa shape index (κ1) is 18.2. The minimum atomic E-state index is -0.510. The highest BCUT2D eigenvalue weighted by Gasteiger charge is 2.20. The number of carbonyl (C=O) groups excluding carboxylic acids is 2. The first-order valence-corrected chi connectivity index (χ1v) is 8.78. The predicted molar refractivity (Wildman–Crippen MR) is 103 cm³/mol. The van der Waals surface area contributed by atoms with E-state index in [0.29, 0.717) is 11.5 Å². The van der Waals surface area contributed by atoms with Crippen molar-refractivity contribution in [2.75, 3.05) is 5.32 Å². The van der Waals surface area contributed by atoms with Crippen molar-refractivity contribution < 1.29 is 18.5 Å². The van der Waals surface area contributed by atoms with Crippen LogP contribution in [0.25, 0.3) is 11.3 Å². The average molecular weight is 391 g/mol. The number of rotatable bonds is 6. The summed E-state index contributed by atoms with van der Waals surface area (Å²) in [5.41, 5.74) is 1.24. The quantitative estimate of drug-likeness (QED) is 0.522. The van der Waals surface area contributed by atoms with E-state index in [9.17, 15) is 9.59 Å². The molecule has 0 unspecified atom stereocenters. The number of hydrogen-bond donors (Lipinski definition) is 2. The lowest BCUT2D eigenvalue weighted by molar-refractivity contribution is 0.0943. The predicted octanol–water partition coefficient (Wildman–Crippen LogP) is 2.85. The molecule has 2 N–H and O–H groups in total. The molecule has 0 bridgehead atoms. The molecular weight excluding hydrogens is 374 g/mol. The molecule has 1 aromatic carbocycles. The summed E-state index contributed by atoms with van der Waals surface area (Å²) in [6.45, 7) is 0.208. The highest BCUT2D eigenvalue weighted by Crippen LogP contribution is 2.21. The number of furan rings is 1. The number of carbonyl (C=O) groups is 2. The minimum absolute atomic E-state index is 0.0826. The van der Waals surface area contributed by atoms with Crippen LogP contribution in [0.15, 0.2) is 69.9 Å². The number of nitrogens with zero attached hydrogens (tertiary/aromatic N) is 3. The van der Waals surface area contributed by atoms with Gasteiger partial charge in [0.05, 0.1) is 18.5 Å². The minimum Gasteiger partial charge on any atom is -0.467 e. The second-order valence-electron chi connectivity index (χ2n) is 6.22. The zero-order chi connectivity index (χ0) is 20.2. The summed E-state index contributed by atoms with van der Waals surface area (Å²) in [7, 11) is 1.66. The van der Waals surface area contributed by atoms with E-state index in [1.165, 1.54) is 23.2 Å². The van der Waals surface area contributed by atoms with E-state index in [1.54, 1.807) is 19.2 Å². The van der Waals surface area contributed by atoms with Crippen molar-refractivity contribution in [3.63, 3.8) is 0 Å². The van der Waals surface area contributed by atoms with E-state index in [2.05, 4.69) is 20.9 Å². The molecule has 0 fully saturated rings. The van der Waals surface area contributed by atoms with E-state index in [1.807, 2.05) is 30.3 Å². The van der Waals surface area contributed by atoms with Gasteiger partial charge < -0.3 is 19.6 Å². The van der Waals surface area contributed by atoms with Crippen molar-refractivity contribution in [3.8, 4) is 11.3 Å². The number of hydrogen-bond acceptors (Lipinski definition) is 6. The molecular formula is C20H17N5O4. The van der Waals surface area contributed by atoms with Crippen LogP contribution in [0.2, 0.25) is 0 Å². The summed E-state index contributed by atoms with van der Waals surface area (Å²) in [5, 5.41) is 13.3. The Morgan fingerprint density at radius 2 is 1.93 bits per heavy atom. The molecule has 0 aliphatic rings. The smallest absolute Gasteiger partial charge is 0.277 e. The van der Waals surface area contributed by atoms with Crippen molar-refractivity contribution in [2.24, 2.45) is 7.05 Å². The van der Waals surface area contributed by atoms with Gasteiger partial charge in [-0.3, -0.25) is 14.3 Å². The van der Waals surface area contributed by atoms with Crippen molar-refractivity contribution in [2.45, 2.75) is 6.54 Å². The molecule has 3 heterocycles. The molecule has 9 heteroatoms. The lowest BCUT2D eigenvalue weighted by Crippen LogP contribution is -2.25. The van der Waals surface area contributed by atoms with Crippen LogP contribution in [-0.2, 0) is 13.6 Å². The van der Waals surface area contributed by atoms with Gasteiger partial charge in [0.25, 0.3) is 11.8 Å². The second-order valence-corrected chi connectivity index (χ2v) is 6.22. The molecule has 0 spiro atoms. The molecule has 2 amide bonds. The Bertz CT molecular complexity index is 1130. The molecule has 29 heavy (non-hydrogen) atoms. The number of nitrogens with one attached hydrogen (secondary N) is 2. The Kier molecular flexibility index (Phi) is 4.93. The topological polar surface area (TPSA) is 115 Å². The van der Waals surface area contributed by atoms with Gasteiger partial charge in [-0.05, 0) is 12.1 Å². The summed E-state index contributed by atoms with van der Waals surface area (Å²) >= 11 is 0. The molecule has 0 saturated heterocycles.